The Morgan fingerprint density at radius 2 is 1.67 bits per heavy atom. The van der Waals surface area contributed by atoms with Crippen LogP contribution in [0, 0.1) is 0 Å². The summed E-state index contributed by atoms with van der Waals surface area (Å²) >= 11 is 0. The Balaban J connectivity index is 1.56. The van der Waals surface area contributed by atoms with Gasteiger partial charge < -0.3 is 19.8 Å². The van der Waals surface area contributed by atoms with Crippen molar-refractivity contribution in [1.29, 1.82) is 0 Å². The molecule has 3 aromatic carbocycles. The van der Waals surface area contributed by atoms with Crippen molar-refractivity contribution in [3.8, 4) is 22.9 Å². The number of rotatable bonds is 6. The van der Waals surface area contributed by atoms with Gasteiger partial charge in [0, 0.05) is 0 Å². The monoisotopic (exact) mass is 401 g/mol. The van der Waals surface area contributed by atoms with Crippen molar-refractivity contribution in [3.63, 3.8) is 0 Å². The number of ether oxygens (including phenoxy) is 2. The van der Waals surface area contributed by atoms with E-state index in [2.05, 4.69) is 15.3 Å². The number of fused-ring (bicyclic) bond motifs is 1. The van der Waals surface area contributed by atoms with Gasteiger partial charge in [-0.3, -0.25) is 9.59 Å². The lowest BCUT2D eigenvalue weighted by Gasteiger charge is -2.13. The molecule has 0 aliphatic rings. The number of nitrogens with one attached hydrogen (secondary N) is 2. The minimum Gasteiger partial charge on any atom is -0.495 e. The lowest BCUT2D eigenvalue weighted by atomic mass is 10.1. The smallest absolute Gasteiger partial charge is 0.262 e. The summed E-state index contributed by atoms with van der Waals surface area (Å²) in [4.78, 5) is 32.1. The number of H-pyrrole nitrogens is 1. The van der Waals surface area contributed by atoms with Crippen molar-refractivity contribution in [2.24, 2.45) is 0 Å². The van der Waals surface area contributed by atoms with Crippen LogP contribution in [0.3, 0.4) is 0 Å². The number of methoxy groups -OCH3 is 1. The van der Waals surface area contributed by atoms with Gasteiger partial charge in [0.05, 0.1) is 29.3 Å². The van der Waals surface area contributed by atoms with Crippen LogP contribution in [0.25, 0.3) is 22.3 Å². The van der Waals surface area contributed by atoms with Gasteiger partial charge in [-0.25, -0.2) is 4.98 Å². The average Bonchev–Trinajstić information content (AvgIpc) is 2.78. The van der Waals surface area contributed by atoms with Crippen molar-refractivity contribution in [2.45, 2.75) is 0 Å². The number of aromatic amines is 1. The highest BCUT2D eigenvalue weighted by atomic mass is 16.5. The standard InChI is InChI=1S/C23H19N3O4/c1-29-20-13-7-5-11-18(20)24-21(27)14-30-19-12-6-3-9-16(19)22-25-17-10-4-2-8-15(17)23(28)26-22/h2-13H,14H2,1H3,(H,24,27)(H,25,26,28). The predicted molar refractivity (Wildman–Crippen MR) is 115 cm³/mol. The van der Waals surface area contributed by atoms with Crippen LogP contribution < -0.4 is 20.3 Å². The highest BCUT2D eigenvalue weighted by Gasteiger charge is 2.13. The molecular formula is C23H19N3O4. The molecule has 0 saturated heterocycles. The fraction of sp³-hybridized carbons (Fsp3) is 0.0870. The number of amides is 1. The van der Waals surface area contributed by atoms with Gasteiger partial charge in [-0.15, -0.1) is 0 Å². The van der Waals surface area contributed by atoms with Gasteiger partial charge >= 0.3 is 0 Å². The van der Waals surface area contributed by atoms with Crippen molar-refractivity contribution in [1.82, 2.24) is 9.97 Å². The fourth-order valence-corrected chi connectivity index (χ4v) is 3.08. The number of para-hydroxylation sites is 4. The molecule has 4 aromatic rings. The number of carbonyl (C=O) groups is 1. The third-order valence-corrected chi connectivity index (χ3v) is 4.49. The summed E-state index contributed by atoms with van der Waals surface area (Å²) in [6.07, 6.45) is 0. The number of carbonyl (C=O) groups excluding carboxylic acids is 1. The highest BCUT2D eigenvalue weighted by Crippen LogP contribution is 2.28. The zero-order valence-corrected chi connectivity index (χ0v) is 16.2. The van der Waals surface area contributed by atoms with E-state index in [1.807, 2.05) is 18.2 Å². The van der Waals surface area contributed by atoms with E-state index in [9.17, 15) is 9.59 Å². The Morgan fingerprint density at radius 1 is 0.967 bits per heavy atom. The second kappa shape index (κ2) is 8.48. The first-order chi connectivity index (χ1) is 14.7. The molecule has 1 heterocycles. The van der Waals surface area contributed by atoms with Gasteiger partial charge in [-0.2, -0.15) is 0 Å². The van der Waals surface area contributed by atoms with Gasteiger partial charge in [-0.05, 0) is 36.4 Å². The molecule has 0 bridgehead atoms. The first kappa shape index (κ1) is 19.2. The molecular weight excluding hydrogens is 382 g/mol. The largest absolute Gasteiger partial charge is 0.495 e. The van der Waals surface area contributed by atoms with Crippen LogP contribution in [-0.2, 0) is 4.79 Å². The quantitative estimate of drug-likeness (QED) is 0.515. The molecule has 0 aliphatic heterocycles. The summed E-state index contributed by atoms with van der Waals surface area (Å²) in [6, 6.07) is 21.3. The number of nitrogens with zero attached hydrogens (tertiary/aromatic N) is 1. The molecule has 0 unspecified atom stereocenters. The van der Waals surface area contributed by atoms with Crippen molar-refractivity contribution < 1.29 is 14.3 Å². The first-order valence-electron chi connectivity index (χ1n) is 9.30. The maximum absolute atomic E-state index is 12.4. The zero-order valence-electron chi connectivity index (χ0n) is 16.2. The number of hydrogen-bond donors (Lipinski definition) is 2. The molecule has 0 radical (unpaired) electrons. The normalized spacial score (nSPS) is 10.6. The van der Waals surface area contributed by atoms with Gasteiger partial charge in [-0.1, -0.05) is 36.4 Å². The van der Waals surface area contributed by atoms with Crippen LogP contribution in [0.4, 0.5) is 5.69 Å². The molecule has 0 spiro atoms. The van der Waals surface area contributed by atoms with Crippen molar-refractivity contribution in [3.05, 3.63) is 83.2 Å². The molecule has 7 nitrogen and oxygen atoms in total. The van der Waals surface area contributed by atoms with Crippen LogP contribution in [-0.4, -0.2) is 29.6 Å². The Morgan fingerprint density at radius 3 is 2.50 bits per heavy atom. The molecule has 4 rings (SSSR count). The van der Waals surface area contributed by atoms with Crippen LogP contribution in [0.15, 0.2) is 77.6 Å². The SMILES string of the molecule is COc1ccccc1NC(=O)COc1ccccc1-c1nc2ccccc2c(=O)[nH]1. The van der Waals surface area contributed by atoms with Gasteiger partial charge in [0.2, 0.25) is 0 Å². The van der Waals surface area contributed by atoms with Gasteiger partial charge in [0.15, 0.2) is 6.61 Å². The zero-order chi connectivity index (χ0) is 20.9. The van der Waals surface area contributed by atoms with Crippen molar-refractivity contribution >= 4 is 22.5 Å². The van der Waals surface area contributed by atoms with Crippen molar-refractivity contribution in [2.75, 3.05) is 19.0 Å². The average molecular weight is 401 g/mol. The van der Waals surface area contributed by atoms with E-state index in [-0.39, 0.29) is 18.1 Å². The Kier molecular flexibility index (Phi) is 5.43. The lowest BCUT2D eigenvalue weighted by molar-refractivity contribution is -0.118. The molecule has 150 valence electrons. The predicted octanol–water partition coefficient (Wildman–Crippen LogP) is 3.62. The van der Waals surface area contributed by atoms with Gasteiger partial charge in [0.25, 0.3) is 11.5 Å². The summed E-state index contributed by atoms with van der Waals surface area (Å²) in [5, 5.41) is 3.27. The Hall–Kier alpha value is -4.13. The van der Waals surface area contributed by atoms with E-state index in [1.54, 1.807) is 54.6 Å². The molecule has 0 atom stereocenters. The number of aromatic nitrogens is 2. The maximum Gasteiger partial charge on any atom is 0.262 e. The second-order valence-electron chi connectivity index (χ2n) is 6.46. The summed E-state index contributed by atoms with van der Waals surface area (Å²) in [5.74, 6) is 1.03. The van der Waals surface area contributed by atoms with E-state index in [0.717, 1.165) is 0 Å². The van der Waals surface area contributed by atoms with E-state index < -0.39 is 0 Å². The second-order valence-corrected chi connectivity index (χ2v) is 6.46. The minimum atomic E-state index is -0.339. The number of hydrogen-bond acceptors (Lipinski definition) is 5. The fourth-order valence-electron chi connectivity index (χ4n) is 3.08. The van der Waals surface area contributed by atoms with Crippen LogP contribution in [0.2, 0.25) is 0 Å². The molecule has 0 fully saturated rings. The topological polar surface area (TPSA) is 93.3 Å². The van der Waals surface area contributed by atoms with E-state index in [1.165, 1.54) is 7.11 Å². The number of benzene rings is 3. The lowest BCUT2D eigenvalue weighted by Crippen LogP contribution is -2.20. The summed E-state index contributed by atoms with van der Waals surface area (Å²) < 4.78 is 11.0. The van der Waals surface area contributed by atoms with Gasteiger partial charge in [0.1, 0.15) is 17.3 Å². The molecule has 0 saturated carbocycles. The molecule has 2 N–H and O–H groups in total. The maximum atomic E-state index is 12.4. The Bertz CT molecular complexity index is 1270. The molecule has 7 heteroatoms. The molecule has 1 aromatic heterocycles. The van der Waals surface area contributed by atoms with Crippen LogP contribution in [0.5, 0.6) is 11.5 Å². The van der Waals surface area contributed by atoms with Crippen LogP contribution in [0.1, 0.15) is 0 Å². The summed E-state index contributed by atoms with van der Waals surface area (Å²) in [6.45, 7) is -0.215. The van der Waals surface area contributed by atoms with E-state index in [0.29, 0.717) is 39.5 Å². The minimum absolute atomic E-state index is 0.215. The highest BCUT2D eigenvalue weighted by molar-refractivity contribution is 5.93. The third kappa shape index (κ3) is 4.00. The summed E-state index contributed by atoms with van der Waals surface area (Å²) in [7, 11) is 1.54. The third-order valence-electron chi connectivity index (χ3n) is 4.49. The molecule has 0 aliphatic carbocycles. The number of anilines is 1. The Labute approximate surface area is 172 Å². The van der Waals surface area contributed by atoms with E-state index in [4.69, 9.17) is 9.47 Å². The van der Waals surface area contributed by atoms with Crippen LogP contribution >= 0.6 is 0 Å². The van der Waals surface area contributed by atoms with E-state index >= 15 is 0 Å². The molecule has 1 amide bonds. The summed E-state index contributed by atoms with van der Waals surface area (Å²) in [5.41, 5.74) is 1.49. The first-order valence-corrected chi connectivity index (χ1v) is 9.30. The molecule has 30 heavy (non-hydrogen) atoms.